The van der Waals surface area contributed by atoms with Crippen LogP contribution in [0.5, 0.6) is 17.2 Å². The van der Waals surface area contributed by atoms with Gasteiger partial charge in [-0.15, -0.1) is 0 Å². The van der Waals surface area contributed by atoms with Crippen molar-refractivity contribution < 1.29 is 28.2 Å². The zero-order chi connectivity index (χ0) is 31.1. The monoisotopic (exact) mass is 599 g/mol. The first-order valence-electron chi connectivity index (χ1n) is 15.5. The highest BCUT2D eigenvalue weighted by atomic mass is 19.1. The quantitative estimate of drug-likeness (QED) is 0.101. The van der Waals surface area contributed by atoms with Gasteiger partial charge in [-0.05, 0) is 72.5 Å². The van der Waals surface area contributed by atoms with Gasteiger partial charge in [-0.25, -0.2) is 0 Å². The molecule has 3 aromatic rings. The van der Waals surface area contributed by atoms with Crippen LogP contribution in [0.2, 0.25) is 0 Å². The molecule has 0 saturated heterocycles. The van der Waals surface area contributed by atoms with Gasteiger partial charge in [0.1, 0.15) is 23.4 Å². The van der Waals surface area contributed by atoms with Crippen molar-refractivity contribution in [3.63, 3.8) is 0 Å². The fourth-order valence-electron chi connectivity index (χ4n) is 5.19. The summed E-state index contributed by atoms with van der Waals surface area (Å²) in [6.45, 7) is 4.35. The van der Waals surface area contributed by atoms with E-state index in [1.807, 2.05) is 30.3 Å². The Hall–Kier alpha value is -4.23. The van der Waals surface area contributed by atoms with Crippen molar-refractivity contribution >= 4 is 29.7 Å². The minimum Gasteiger partial charge on any atom is -0.480 e. The maximum Gasteiger partial charge on any atom is 0.308 e. The summed E-state index contributed by atoms with van der Waals surface area (Å²) in [4.78, 5) is 23.1. The van der Waals surface area contributed by atoms with E-state index in [1.54, 1.807) is 18.2 Å². The maximum atomic E-state index is 12.1. The van der Waals surface area contributed by atoms with E-state index in [-0.39, 0.29) is 12.6 Å². The van der Waals surface area contributed by atoms with Gasteiger partial charge in [-0.2, -0.15) is 0 Å². The third kappa shape index (κ3) is 10.2. The van der Waals surface area contributed by atoms with Crippen LogP contribution in [0.15, 0.2) is 72.8 Å². The minimum atomic E-state index is -0.405. The van der Waals surface area contributed by atoms with E-state index in [0.29, 0.717) is 23.7 Å². The van der Waals surface area contributed by atoms with Gasteiger partial charge in [0.15, 0.2) is 0 Å². The number of ether oxygens (including phenoxy) is 3. The van der Waals surface area contributed by atoms with Crippen LogP contribution in [0.3, 0.4) is 0 Å². The van der Waals surface area contributed by atoms with Crippen molar-refractivity contribution in [3.8, 4) is 17.2 Å². The Bertz CT molecular complexity index is 1450. The van der Waals surface area contributed by atoms with Gasteiger partial charge in [-0.3, -0.25) is 14.0 Å². The van der Waals surface area contributed by atoms with Crippen molar-refractivity contribution in [1.29, 1.82) is 0 Å². The maximum absolute atomic E-state index is 12.1. The smallest absolute Gasteiger partial charge is 0.308 e. The highest BCUT2D eigenvalue weighted by Crippen LogP contribution is 2.43. The molecule has 0 aliphatic carbocycles. The Morgan fingerprint density at radius 3 is 2.23 bits per heavy atom. The topological polar surface area (TPSA) is 73.9 Å². The Morgan fingerprint density at radius 1 is 0.841 bits per heavy atom. The average molecular weight is 600 g/mol. The normalized spacial score (nSPS) is 14.1. The molecule has 232 valence electrons. The predicted octanol–water partition coefficient (Wildman–Crippen LogP) is 8.51. The number of esters is 2. The van der Waals surface area contributed by atoms with Crippen molar-refractivity contribution in [2.45, 2.75) is 64.9 Å². The lowest BCUT2D eigenvalue weighted by atomic mass is 9.90. The first kappa shape index (κ1) is 32.7. The van der Waals surface area contributed by atoms with E-state index in [0.717, 1.165) is 60.2 Å². The molecule has 0 amide bonds. The molecule has 1 atom stereocenters. The standard InChI is InChI=1S/C37H42FNO5/c1-27(40)42-33-14-10-13-31(24-33)35-26-32-25-34(43-28(2)41)19-20-36(32)44-37(35)30-17-15-29(16-18-30)12-11-23-39-22-9-7-5-3-4-6-8-21-38/h10-20,24-26,37,39H,3-9,21-23H2,1-2H3/b12-11+. The molecule has 1 aliphatic heterocycles. The van der Waals surface area contributed by atoms with Gasteiger partial charge in [-0.1, -0.05) is 80.7 Å². The van der Waals surface area contributed by atoms with E-state index < -0.39 is 12.1 Å². The Labute approximate surface area is 259 Å². The van der Waals surface area contributed by atoms with E-state index in [2.05, 4.69) is 41.7 Å². The van der Waals surface area contributed by atoms with E-state index in [4.69, 9.17) is 14.2 Å². The number of rotatable bonds is 16. The number of carbonyl (C=O) groups excluding carboxylic acids is 2. The van der Waals surface area contributed by atoms with Gasteiger partial charge in [0, 0.05) is 31.5 Å². The molecule has 1 aliphatic rings. The lowest BCUT2D eigenvalue weighted by molar-refractivity contribution is -0.132. The minimum absolute atomic E-state index is 0.194. The lowest BCUT2D eigenvalue weighted by Gasteiger charge is -2.28. The number of halogens is 1. The molecule has 6 nitrogen and oxygen atoms in total. The van der Waals surface area contributed by atoms with E-state index >= 15 is 0 Å². The van der Waals surface area contributed by atoms with Crippen molar-refractivity contribution in [2.24, 2.45) is 0 Å². The van der Waals surface area contributed by atoms with Gasteiger partial charge < -0.3 is 19.5 Å². The average Bonchev–Trinajstić information content (AvgIpc) is 3.01. The molecule has 1 N–H and O–H groups in total. The molecular weight excluding hydrogens is 557 g/mol. The van der Waals surface area contributed by atoms with E-state index in [9.17, 15) is 14.0 Å². The summed E-state index contributed by atoms with van der Waals surface area (Å²) in [5.41, 5.74) is 4.59. The van der Waals surface area contributed by atoms with Crippen LogP contribution in [0.1, 0.15) is 87.2 Å². The second-order valence-electron chi connectivity index (χ2n) is 10.9. The fourth-order valence-corrected chi connectivity index (χ4v) is 5.19. The Kier molecular flexibility index (Phi) is 12.7. The largest absolute Gasteiger partial charge is 0.480 e. The molecule has 3 aromatic carbocycles. The highest BCUT2D eigenvalue weighted by molar-refractivity contribution is 5.89. The summed E-state index contributed by atoms with van der Waals surface area (Å²) in [5.74, 6) is 0.790. The first-order valence-corrected chi connectivity index (χ1v) is 15.5. The molecule has 0 spiro atoms. The third-order valence-electron chi connectivity index (χ3n) is 7.31. The second-order valence-corrected chi connectivity index (χ2v) is 10.9. The highest BCUT2D eigenvalue weighted by Gasteiger charge is 2.26. The second kappa shape index (κ2) is 17.2. The van der Waals surface area contributed by atoms with Gasteiger partial charge in [0.05, 0.1) is 6.67 Å². The van der Waals surface area contributed by atoms with Crippen molar-refractivity contribution in [3.05, 3.63) is 95.1 Å². The molecule has 7 heteroatoms. The fraction of sp³-hybridized carbons (Fsp3) is 0.351. The number of hydrogen-bond acceptors (Lipinski definition) is 6. The Balaban J connectivity index is 1.41. The Morgan fingerprint density at radius 2 is 1.52 bits per heavy atom. The van der Waals surface area contributed by atoms with Crippen LogP contribution in [-0.2, 0) is 9.59 Å². The molecule has 1 heterocycles. The first-order chi connectivity index (χ1) is 21.4. The molecule has 0 bridgehead atoms. The van der Waals surface area contributed by atoms with Gasteiger partial charge in [0.2, 0.25) is 0 Å². The number of nitrogens with one attached hydrogen (secondary N) is 1. The molecule has 0 fully saturated rings. The predicted molar refractivity (Wildman–Crippen MR) is 173 cm³/mol. The van der Waals surface area contributed by atoms with Crippen LogP contribution in [0.25, 0.3) is 17.7 Å². The van der Waals surface area contributed by atoms with Crippen LogP contribution >= 0.6 is 0 Å². The number of unbranched alkanes of at least 4 members (excludes halogenated alkanes) is 6. The summed E-state index contributed by atoms with van der Waals surface area (Å²) >= 11 is 0. The summed E-state index contributed by atoms with van der Waals surface area (Å²) in [5, 5.41) is 3.47. The molecule has 1 unspecified atom stereocenters. The summed E-state index contributed by atoms with van der Waals surface area (Å²) in [6, 6.07) is 20.9. The van der Waals surface area contributed by atoms with Crippen LogP contribution < -0.4 is 19.5 Å². The van der Waals surface area contributed by atoms with Crippen molar-refractivity contribution in [2.75, 3.05) is 19.8 Å². The van der Waals surface area contributed by atoms with E-state index in [1.165, 1.54) is 33.1 Å². The van der Waals surface area contributed by atoms with Crippen LogP contribution in [-0.4, -0.2) is 31.7 Å². The molecule has 0 saturated carbocycles. The zero-order valence-corrected chi connectivity index (χ0v) is 25.7. The van der Waals surface area contributed by atoms with Gasteiger partial charge >= 0.3 is 11.9 Å². The zero-order valence-electron chi connectivity index (χ0n) is 25.7. The van der Waals surface area contributed by atoms with Crippen LogP contribution in [0, 0.1) is 0 Å². The summed E-state index contributed by atoms with van der Waals surface area (Å²) in [6.07, 6.45) is 13.5. The number of hydrogen-bond donors (Lipinski definition) is 1. The third-order valence-corrected chi connectivity index (χ3v) is 7.31. The molecule has 44 heavy (non-hydrogen) atoms. The number of benzene rings is 3. The number of carbonyl (C=O) groups is 2. The van der Waals surface area contributed by atoms with Crippen molar-refractivity contribution in [1.82, 2.24) is 5.32 Å². The summed E-state index contributed by atoms with van der Waals surface area (Å²) < 4.78 is 29.3. The van der Waals surface area contributed by atoms with Crippen LogP contribution in [0.4, 0.5) is 4.39 Å². The molecular formula is C37H42FNO5. The summed E-state index contributed by atoms with van der Waals surface area (Å²) in [7, 11) is 0. The number of alkyl halides is 1. The molecule has 0 aromatic heterocycles. The van der Waals surface area contributed by atoms with Gasteiger partial charge in [0.25, 0.3) is 0 Å². The molecule has 4 rings (SSSR count). The molecule has 0 radical (unpaired) electrons. The number of fused-ring (bicyclic) bond motifs is 1. The lowest BCUT2D eigenvalue weighted by Crippen LogP contribution is -2.15. The SMILES string of the molecule is CC(=O)Oc1cccc(C2=Cc3cc(OC(C)=O)ccc3OC2c2ccc(/C=C/CNCCCCCCCCCF)cc2)c1.